The summed E-state index contributed by atoms with van der Waals surface area (Å²) < 4.78 is 0. The van der Waals surface area contributed by atoms with E-state index in [1.54, 1.807) is 24.5 Å². The number of benzene rings is 1. The molecule has 0 saturated heterocycles. The van der Waals surface area contributed by atoms with Gasteiger partial charge in [-0.25, -0.2) is 4.98 Å². The third-order valence-electron chi connectivity index (χ3n) is 4.42. The van der Waals surface area contributed by atoms with Gasteiger partial charge in [0.25, 0.3) is 0 Å². The SMILES string of the molecule is O=C(C=Cc1ccc2ccc(Cl)cc2n1)N(Cc1cccnc1)C1CC1. The number of hydrogen-bond acceptors (Lipinski definition) is 3. The molecule has 1 aliphatic rings. The first-order valence-electron chi connectivity index (χ1n) is 8.63. The minimum absolute atomic E-state index is 0.00402. The molecule has 0 radical (unpaired) electrons. The van der Waals surface area contributed by atoms with Crippen LogP contribution >= 0.6 is 11.6 Å². The minimum Gasteiger partial charge on any atom is -0.332 e. The van der Waals surface area contributed by atoms with Gasteiger partial charge in [0, 0.05) is 41.5 Å². The van der Waals surface area contributed by atoms with Gasteiger partial charge in [-0.2, -0.15) is 0 Å². The van der Waals surface area contributed by atoms with Crippen LogP contribution in [-0.4, -0.2) is 26.8 Å². The first-order valence-corrected chi connectivity index (χ1v) is 9.01. The summed E-state index contributed by atoms with van der Waals surface area (Å²) in [6.45, 7) is 0.586. The van der Waals surface area contributed by atoms with Crippen LogP contribution in [0.15, 0.2) is 60.9 Å². The highest BCUT2D eigenvalue weighted by atomic mass is 35.5. The molecule has 1 aromatic carbocycles. The Balaban J connectivity index is 1.52. The molecule has 3 aromatic rings. The van der Waals surface area contributed by atoms with Gasteiger partial charge < -0.3 is 4.90 Å². The van der Waals surface area contributed by atoms with Gasteiger partial charge in [0.15, 0.2) is 0 Å². The van der Waals surface area contributed by atoms with Crippen LogP contribution in [0.2, 0.25) is 5.02 Å². The van der Waals surface area contributed by atoms with Crippen LogP contribution in [0.1, 0.15) is 24.1 Å². The average molecular weight is 364 g/mol. The predicted octanol–water partition coefficient (Wildman–Crippen LogP) is 4.49. The topological polar surface area (TPSA) is 46.1 Å². The van der Waals surface area contributed by atoms with Crippen molar-refractivity contribution in [3.63, 3.8) is 0 Å². The quantitative estimate of drug-likeness (QED) is 0.627. The fraction of sp³-hybridized carbons (Fsp3) is 0.190. The number of amides is 1. The van der Waals surface area contributed by atoms with E-state index in [1.165, 1.54) is 0 Å². The molecule has 0 atom stereocenters. The van der Waals surface area contributed by atoms with Gasteiger partial charge in [-0.15, -0.1) is 0 Å². The van der Waals surface area contributed by atoms with Crippen LogP contribution in [0.5, 0.6) is 0 Å². The molecular formula is C21H18ClN3O. The summed E-state index contributed by atoms with van der Waals surface area (Å²) in [6.07, 6.45) is 9.04. The number of nitrogens with zero attached hydrogens (tertiary/aromatic N) is 3. The largest absolute Gasteiger partial charge is 0.332 e. The smallest absolute Gasteiger partial charge is 0.247 e. The Bertz CT molecular complexity index is 967. The monoisotopic (exact) mass is 363 g/mol. The van der Waals surface area contributed by atoms with E-state index in [-0.39, 0.29) is 5.91 Å². The molecule has 0 unspecified atom stereocenters. The Hall–Kier alpha value is -2.72. The highest BCUT2D eigenvalue weighted by Crippen LogP contribution is 2.28. The number of hydrogen-bond donors (Lipinski definition) is 0. The molecule has 0 bridgehead atoms. The second kappa shape index (κ2) is 7.26. The Morgan fingerprint density at radius 3 is 2.85 bits per heavy atom. The van der Waals surface area contributed by atoms with Crippen molar-refractivity contribution >= 4 is 34.5 Å². The molecule has 2 heterocycles. The molecule has 0 N–H and O–H groups in total. The summed E-state index contributed by atoms with van der Waals surface area (Å²) in [4.78, 5) is 23.3. The maximum atomic E-state index is 12.7. The lowest BCUT2D eigenvalue weighted by Crippen LogP contribution is -2.31. The van der Waals surface area contributed by atoms with E-state index in [1.807, 2.05) is 47.4 Å². The van der Waals surface area contributed by atoms with Crippen LogP contribution in [-0.2, 0) is 11.3 Å². The second-order valence-corrected chi connectivity index (χ2v) is 6.90. The van der Waals surface area contributed by atoms with E-state index in [0.717, 1.165) is 35.0 Å². The van der Waals surface area contributed by atoms with Gasteiger partial charge in [0.05, 0.1) is 11.2 Å². The first kappa shape index (κ1) is 16.7. The minimum atomic E-state index is 0.00402. The maximum absolute atomic E-state index is 12.7. The van der Waals surface area contributed by atoms with Gasteiger partial charge in [0.1, 0.15) is 0 Å². The Kier molecular flexibility index (Phi) is 4.67. The van der Waals surface area contributed by atoms with Crippen molar-refractivity contribution in [2.24, 2.45) is 0 Å². The highest BCUT2D eigenvalue weighted by molar-refractivity contribution is 6.31. The zero-order chi connectivity index (χ0) is 17.9. The number of carbonyl (C=O) groups excluding carboxylic acids is 1. The number of rotatable bonds is 5. The van der Waals surface area contributed by atoms with Crippen LogP contribution in [0.3, 0.4) is 0 Å². The van der Waals surface area contributed by atoms with E-state index in [2.05, 4.69) is 9.97 Å². The number of pyridine rings is 2. The van der Waals surface area contributed by atoms with Crippen molar-refractivity contribution in [1.82, 2.24) is 14.9 Å². The lowest BCUT2D eigenvalue weighted by molar-refractivity contribution is -0.127. The first-order chi connectivity index (χ1) is 12.7. The summed E-state index contributed by atoms with van der Waals surface area (Å²) in [5.74, 6) is 0.00402. The molecular weight excluding hydrogens is 346 g/mol. The van der Waals surface area contributed by atoms with Crippen molar-refractivity contribution < 1.29 is 4.79 Å². The zero-order valence-electron chi connectivity index (χ0n) is 14.2. The number of halogens is 1. The fourth-order valence-electron chi connectivity index (χ4n) is 2.91. The third-order valence-corrected chi connectivity index (χ3v) is 4.65. The molecule has 1 aliphatic carbocycles. The van der Waals surface area contributed by atoms with Gasteiger partial charge in [-0.3, -0.25) is 9.78 Å². The number of aromatic nitrogens is 2. The molecule has 2 aromatic heterocycles. The van der Waals surface area contributed by atoms with E-state index >= 15 is 0 Å². The molecule has 4 rings (SSSR count). The molecule has 1 fully saturated rings. The lowest BCUT2D eigenvalue weighted by Gasteiger charge is -2.20. The zero-order valence-corrected chi connectivity index (χ0v) is 14.9. The van der Waals surface area contributed by atoms with E-state index in [4.69, 9.17) is 11.6 Å². The summed E-state index contributed by atoms with van der Waals surface area (Å²) >= 11 is 6.03. The number of carbonyl (C=O) groups is 1. The van der Waals surface area contributed by atoms with Crippen LogP contribution in [0.25, 0.3) is 17.0 Å². The van der Waals surface area contributed by atoms with Crippen LogP contribution in [0.4, 0.5) is 0 Å². The van der Waals surface area contributed by atoms with Crippen molar-refractivity contribution in [2.45, 2.75) is 25.4 Å². The van der Waals surface area contributed by atoms with Gasteiger partial charge in [0.2, 0.25) is 5.91 Å². The third kappa shape index (κ3) is 3.92. The van der Waals surface area contributed by atoms with Crippen LogP contribution in [0, 0.1) is 0 Å². The standard InChI is InChI=1S/C21H18ClN3O/c22-17-5-3-16-4-6-18(24-20(16)12-17)7-10-21(26)25(19-8-9-19)14-15-2-1-11-23-13-15/h1-7,10-13,19H,8-9,14H2. The Labute approximate surface area is 157 Å². The van der Waals surface area contributed by atoms with Gasteiger partial charge in [-0.1, -0.05) is 29.8 Å². The normalized spacial score (nSPS) is 14.0. The highest BCUT2D eigenvalue weighted by Gasteiger charge is 2.31. The van der Waals surface area contributed by atoms with Crippen molar-refractivity contribution in [3.8, 4) is 0 Å². The molecule has 4 nitrogen and oxygen atoms in total. The van der Waals surface area contributed by atoms with E-state index in [0.29, 0.717) is 17.6 Å². The lowest BCUT2D eigenvalue weighted by atomic mass is 10.2. The summed E-state index contributed by atoms with van der Waals surface area (Å²) in [5.41, 5.74) is 2.60. The second-order valence-electron chi connectivity index (χ2n) is 6.47. The Morgan fingerprint density at radius 1 is 1.23 bits per heavy atom. The Morgan fingerprint density at radius 2 is 2.08 bits per heavy atom. The molecule has 1 amide bonds. The molecule has 0 aliphatic heterocycles. The molecule has 130 valence electrons. The summed E-state index contributed by atoms with van der Waals surface area (Å²) in [6, 6.07) is 13.7. The van der Waals surface area contributed by atoms with Crippen molar-refractivity contribution in [2.75, 3.05) is 0 Å². The molecule has 1 saturated carbocycles. The molecule has 5 heteroatoms. The maximum Gasteiger partial charge on any atom is 0.247 e. The van der Waals surface area contributed by atoms with Gasteiger partial charge in [-0.05, 0) is 48.7 Å². The summed E-state index contributed by atoms with van der Waals surface area (Å²) in [5, 5.41) is 1.67. The average Bonchev–Trinajstić information content (AvgIpc) is 3.49. The van der Waals surface area contributed by atoms with E-state index in [9.17, 15) is 4.79 Å². The van der Waals surface area contributed by atoms with Crippen molar-refractivity contribution in [3.05, 3.63) is 77.2 Å². The van der Waals surface area contributed by atoms with Gasteiger partial charge >= 0.3 is 0 Å². The van der Waals surface area contributed by atoms with Crippen LogP contribution < -0.4 is 0 Å². The summed E-state index contributed by atoms with van der Waals surface area (Å²) in [7, 11) is 0. The van der Waals surface area contributed by atoms with Crippen molar-refractivity contribution in [1.29, 1.82) is 0 Å². The number of fused-ring (bicyclic) bond motifs is 1. The molecule has 0 spiro atoms. The molecule has 26 heavy (non-hydrogen) atoms. The fourth-order valence-corrected chi connectivity index (χ4v) is 3.08. The van der Waals surface area contributed by atoms with E-state index < -0.39 is 0 Å². The predicted molar refractivity (Wildman–Crippen MR) is 104 cm³/mol.